The second-order valence-electron chi connectivity index (χ2n) is 5.72. The number of nitrogens with zero attached hydrogens (tertiary/aromatic N) is 1. The number of rotatable bonds is 5. The fourth-order valence-electron chi connectivity index (χ4n) is 1.83. The maximum absolute atomic E-state index is 12.0. The SMILES string of the molecule is Cc1cc(SCC(=O)N(C)CC(C)(C)O)c(C)cc1Br. The summed E-state index contributed by atoms with van der Waals surface area (Å²) in [7, 11) is 1.72. The molecule has 0 aliphatic heterocycles. The molecule has 0 bridgehead atoms. The summed E-state index contributed by atoms with van der Waals surface area (Å²) in [5.74, 6) is 0.409. The molecule has 0 unspecified atom stereocenters. The molecule has 0 saturated heterocycles. The highest BCUT2D eigenvalue weighted by Gasteiger charge is 2.19. The highest BCUT2D eigenvalue weighted by Crippen LogP contribution is 2.28. The topological polar surface area (TPSA) is 40.5 Å². The van der Waals surface area contributed by atoms with Gasteiger partial charge in [0.05, 0.1) is 11.4 Å². The molecule has 0 fully saturated rings. The van der Waals surface area contributed by atoms with Gasteiger partial charge < -0.3 is 10.0 Å². The Morgan fingerprint density at radius 3 is 2.50 bits per heavy atom. The number of aryl methyl sites for hydroxylation is 2. The fourth-order valence-corrected chi connectivity index (χ4v) is 3.33. The molecule has 0 aliphatic rings. The van der Waals surface area contributed by atoms with E-state index in [0.717, 1.165) is 20.5 Å². The van der Waals surface area contributed by atoms with E-state index >= 15 is 0 Å². The third kappa shape index (κ3) is 5.46. The number of halogens is 1. The third-order valence-corrected chi connectivity index (χ3v) is 4.85. The van der Waals surface area contributed by atoms with Crippen LogP contribution in [0, 0.1) is 13.8 Å². The average Bonchev–Trinajstić information content (AvgIpc) is 2.29. The highest BCUT2D eigenvalue weighted by molar-refractivity contribution is 9.10. The van der Waals surface area contributed by atoms with E-state index in [1.807, 2.05) is 13.8 Å². The predicted octanol–water partition coefficient (Wildman–Crippen LogP) is 3.39. The Morgan fingerprint density at radius 1 is 1.35 bits per heavy atom. The van der Waals surface area contributed by atoms with Crippen molar-refractivity contribution >= 4 is 33.6 Å². The second kappa shape index (κ2) is 6.96. The van der Waals surface area contributed by atoms with Crippen LogP contribution >= 0.6 is 27.7 Å². The Bertz CT molecular complexity index is 497. The van der Waals surface area contributed by atoms with Gasteiger partial charge >= 0.3 is 0 Å². The molecule has 1 rings (SSSR count). The minimum absolute atomic E-state index is 0.0251. The molecule has 5 heteroatoms. The standard InChI is InChI=1S/C15H22BrNO2S/c1-10-7-13(11(2)6-12(10)16)20-8-14(18)17(5)9-15(3,4)19/h6-7,19H,8-9H2,1-5H3. The summed E-state index contributed by atoms with van der Waals surface area (Å²) in [6.45, 7) is 7.82. The lowest BCUT2D eigenvalue weighted by Gasteiger charge is -2.25. The zero-order chi connectivity index (χ0) is 15.5. The molecular formula is C15H22BrNO2S. The summed E-state index contributed by atoms with van der Waals surface area (Å²) in [5, 5.41) is 9.73. The zero-order valence-electron chi connectivity index (χ0n) is 12.7. The monoisotopic (exact) mass is 359 g/mol. The molecule has 0 heterocycles. The molecular weight excluding hydrogens is 338 g/mol. The van der Waals surface area contributed by atoms with E-state index in [1.54, 1.807) is 25.8 Å². The Balaban J connectivity index is 2.63. The normalized spacial score (nSPS) is 11.6. The van der Waals surface area contributed by atoms with E-state index in [-0.39, 0.29) is 5.91 Å². The van der Waals surface area contributed by atoms with Gasteiger partial charge in [-0.1, -0.05) is 15.9 Å². The molecule has 0 atom stereocenters. The van der Waals surface area contributed by atoms with Crippen molar-refractivity contribution < 1.29 is 9.90 Å². The van der Waals surface area contributed by atoms with E-state index in [0.29, 0.717) is 12.3 Å². The lowest BCUT2D eigenvalue weighted by Crippen LogP contribution is -2.40. The Labute approximate surface area is 133 Å². The van der Waals surface area contributed by atoms with Crippen LogP contribution in [-0.2, 0) is 4.79 Å². The van der Waals surface area contributed by atoms with Gasteiger partial charge in [-0.3, -0.25) is 4.79 Å². The molecule has 0 spiro atoms. The first-order chi connectivity index (χ1) is 9.10. The first kappa shape index (κ1) is 17.5. The summed E-state index contributed by atoms with van der Waals surface area (Å²) in [5.41, 5.74) is 1.46. The maximum atomic E-state index is 12.0. The van der Waals surface area contributed by atoms with E-state index < -0.39 is 5.60 Å². The van der Waals surface area contributed by atoms with Crippen LogP contribution in [0.1, 0.15) is 25.0 Å². The van der Waals surface area contributed by atoms with Crippen LogP contribution in [0.15, 0.2) is 21.5 Å². The Kier molecular flexibility index (Phi) is 6.10. The molecule has 1 N–H and O–H groups in total. The zero-order valence-corrected chi connectivity index (χ0v) is 15.1. The minimum atomic E-state index is -0.862. The molecule has 0 aliphatic carbocycles. The van der Waals surface area contributed by atoms with Gasteiger partial charge in [0.15, 0.2) is 0 Å². The van der Waals surface area contributed by atoms with Gasteiger partial charge in [-0.05, 0) is 51.0 Å². The van der Waals surface area contributed by atoms with Crippen LogP contribution < -0.4 is 0 Å². The molecule has 0 radical (unpaired) electrons. The fraction of sp³-hybridized carbons (Fsp3) is 0.533. The molecule has 3 nitrogen and oxygen atoms in total. The lowest BCUT2D eigenvalue weighted by atomic mass is 10.1. The van der Waals surface area contributed by atoms with Crippen molar-refractivity contribution in [3.8, 4) is 0 Å². The number of benzene rings is 1. The molecule has 1 aromatic rings. The summed E-state index contributed by atoms with van der Waals surface area (Å²) < 4.78 is 1.09. The van der Waals surface area contributed by atoms with Crippen LogP contribution in [-0.4, -0.2) is 40.9 Å². The smallest absolute Gasteiger partial charge is 0.232 e. The highest BCUT2D eigenvalue weighted by atomic mass is 79.9. The van der Waals surface area contributed by atoms with E-state index in [1.165, 1.54) is 11.8 Å². The summed E-state index contributed by atoms with van der Waals surface area (Å²) in [6, 6.07) is 4.16. The van der Waals surface area contributed by atoms with E-state index in [4.69, 9.17) is 0 Å². The number of hydrogen-bond acceptors (Lipinski definition) is 3. The molecule has 0 saturated carbocycles. The van der Waals surface area contributed by atoms with Crippen molar-refractivity contribution in [2.24, 2.45) is 0 Å². The largest absolute Gasteiger partial charge is 0.389 e. The van der Waals surface area contributed by atoms with E-state index in [2.05, 4.69) is 28.1 Å². The predicted molar refractivity (Wildman–Crippen MR) is 88.3 cm³/mol. The minimum Gasteiger partial charge on any atom is -0.389 e. The van der Waals surface area contributed by atoms with Crippen molar-refractivity contribution in [1.29, 1.82) is 0 Å². The summed E-state index contributed by atoms with van der Waals surface area (Å²) in [6.07, 6.45) is 0. The van der Waals surface area contributed by atoms with Crippen LogP contribution in [0.5, 0.6) is 0 Å². The molecule has 0 aromatic heterocycles. The van der Waals surface area contributed by atoms with Crippen molar-refractivity contribution in [3.05, 3.63) is 27.7 Å². The molecule has 1 amide bonds. The van der Waals surface area contributed by atoms with Gasteiger partial charge in [-0.25, -0.2) is 0 Å². The van der Waals surface area contributed by atoms with E-state index in [9.17, 15) is 9.90 Å². The number of likely N-dealkylation sites (N-methyl/N-ethyl adjacent to an activating group) is 1. The maximum Gasteiger partial charge on any atom is 0.232 e. The van der Waals surface area contributed by atoms with Crippen LogP contribution in [0.25, 0.3) is 0 Å². The first-order valence-electron chi connectivity index (χ1n) is 6.46. The number of thioether (sulfide) groups is 1. The van der Waals surface area contributed by atoms with Crippen molar-refractivity contribution in [2.45, 2.75) is 38.2 Å². The van der Waals surface area contributed by atoms with Crippen LogP contribution in [0.2, 0.25) is 0 Å². The van der Waals surface area contributed by atoms with Crippen LogP contribution in [0.4, 0.5) is 0 Å². The molecule has 112 valence electrons. The third-order valence-electron chi connectivity index (χ3n) is 2.86. The van der Waals surface area contributed by atoms with Gasteiger partial charge in [-0.2, -0.15) is 0 Å². The van der Waals surface area contributed by atoms with Crippen LogP contribution in [0.3, 0.4) is 0 Å². The first-order valence-corrected chi connectivity index (χ1v) is 8.24. The number of amides is 1. The van der Waals surface area contributed by atoms with Crippen molar-refractivity contribution in [3.63, 3.8) is 0 Å². The molecule has 20 heavy (non-hydrogen) atoms. The van der Waals surface area contributed by atoms with Gasteiger partial charge in [0, 0.05) is 23.0 Å². The lowest BCUT2D eigenvalue weighted by molar-refractivity contribution is -0.129. The van der Waals surface area contributed by atoms with Crippen molar-refractivity contribution in [2.75, 3.05) is 19.3 Å². The van der Waals surface area contributed by atoms with Gasteiger partial charge in [0.1, 0.15) is 0 Å². The van der Waals surface area contributed by atoms with Gasteiger partial charge in [0.25, 0.3) is 0 Å². The second-order valence-corrected chi connectivity index (χ2v) is 7.59. The molecule has 1 aromatic carbocycles. The summed E-state index contributed by atoms with van der Waals surface area (Å²) >= 11 is 5.04. The quantitative estimate of drug-likeness (QED) is 0.819. The average molecular weight is 360 g/mol. The number of carbonyl (C=O) groups is 1. The van der Waals surface area contributed by atoms with Gasteiger partial charge in [-0.15, -0.1) is 11.8 Å². The summed E-state index contributed by atoms with van der Waals surface area (Å²) in [4.78, 5) is 14.7. The van der Waals surface area contributed by atoms with Crippen molar-refractivity contribution in [1.82, 2.24) is 4.90 Å². The number of aliphatic hydroxyl groups is 1. The Morgan fingerprint density at radius 2 is 1.95 bits per heavy atom. The number of hydrogen-bond donors (Lipinski definition) is 1. The number of carbonyl (C=O) groups excluding carboxylic acids is 1. The van der Waals surface area contributed by atoms with Gasteiger partial charge in [0.2, 0.25) is 5.91 Å². The Hall–Kier alpha value is -0.520.